The molecule has 0 aromatic heterocycles. The maximum Gasteiger partial charge on any atom is 0.223 e. The average Bonchev–Trinajstić information content (AvgIpc) is 2.42. The predicted octanol–water partition coefficient (Wildman–Crippen LogP) is 1.65. The van der Waals surface area contributed by atoms with Crippen molar-refractivity contribution < 1.29 is 9.53 Å². The van der Waals surface area contributed by atoms with Gasteiger partial charge >= 0.3 is 0 Å². The lowest BCUT2D eigenvalue weighted by Crippen LogP contribution is -2.41. The van der Waals surface area contributed by atoms with E-state index in [2.05, 4.69) is 24.1 Å². The maximum absolute atomic E-state index is 11.9. The Labute approximate surface area is 111 Å². The number of ether oxygens (including phenoxy) is 1. The summed E-state index contributed by atoms with van der Waals surface area (Å²) in [4.78, 5) is 14.3. The Hall–Kier alpha value is -0.610. The van der Waals surface area contributed by atoms with Crippen molar-refractivity contribution in [1.82, 2.24) is 10.2 Å². The van der Waals surface area contributed by atoms with Gasteiger partial charge in [-0.25, -0.2) is 0 Å². The van der Waals surface area contributed by atoms with E-state index in [-0.39, 0.29) is 11.8 Å². The summed E-state index contributed by atoms with van der Waals surface area (Å²) in [7, 11) is 0. The molecule has 1 N–H and O–H groups in total. The Morgan fingerprint density at radius 3 is 2.61 bits per heavy atom. The number of unbranched alkanes of at least 4 members (excludes halogenated alkanes) is 1. The second-order valence-electron chi connectivity index (χ2n) is 4.97. The second-order valence-corrected chi connectivity index (χ2v) is 4.97. The van der Waals surface area contributed by atoms with Crippen molar-refractivity contribution in [3.8, 4) is 0 Å². The van der Waals surface area contributed by atoms with Crippen LogP contribution in [0.1, 0.15) is 39.5 Å². The van der Waals surface area contributed by atoms with Gasteiger partial charge in [0.05, 0.1) is 6.61 Å². The fourth-order valence-corrected chi connectivity index (χ4v) is 2.25. The van der Waals surface area contributed by atoms with Gasteiger partial charge in [-0.05, 0) is 38.9 Å². The molecule has 1 aliphatic heterocycles. The van der Waals surface area contributed by atoms with Gasteiger partial charge in [0.15, 0.2) is 0 Å². The number of likely N-dealkylation sites (tertiary alicyclic amines) is 1. The minimum absolute atomic E-state index is 0.212. The van der Waals surface area contributed by atoms with E-state index < -0.39 is 0 Å². The average molecular weight is 256 g/mol. The second kappa shape index (κ2) is 9.34. The zero-order valence-corrected chi connectivity index (χ0v) is 11.9. The van der Waals surface area contributed by atoms with Crippen LogP contribution in [0, 0.1) is 5.92 Å². The Bertz CT molecular complexity index is 226. The molecule has 4 heteroatoms. The highest BCUT2D eigenvalue weighted by atomic mass is 16.5. The standard InChI is InChI=1S/C14H28N2O2/c1-3-5-11-18-12-8-15-14(17)13-6-9-16(4-2)10-7-13/h13H,3-12H2,1-2H3,(H,15,17). The summed E-state index contributed by atoms with van der Waals surface area (Å²) in [6.45, 7) is 9.63. The number of nitrogens with one attached hydrogen (secondary N) is 1. The minimum Gasteiger partial charge on any atom is -0.380 e. The van der Waals surface area contributed by atoms with E-state index in [0.717, 1.165) is 51.9 Å². The molecule has 0 radical (unpaired) electrons. The SMILES string of the molecule is CCCCOCCNC(=O)C1CCN(CC)CC1. The van der Waals surface area contributed by atoms with Gasteiger partial charge in [-0.3, -0.25) is 4.79 Å². The summed E-state index contributed by atoms with van der Waals surface area (Å²) in [6.07, 6.45) is 4.25. The minimum atomic E-state index is 0.212. The normalized spacial score (nSPS) is 17.9. The first kappa shape index (κ1) is 15.4. The lowest BCUT2D eigenvalue weighted by Gasteiger charge is -2.30. The molecule has 1 aliphatic rings. The van der Waals surface area contributed by atoms with Crippen LogP contribution in [0.5, 0.6) is 0 Å². The van der Waals surface area contributed by atoms with Crippen LogP contribution in [-0.4, -0.2) is 50.2 Å². The van der Waals surface area contributed by atoms with Crippen molar-refractivity contribution in [2.24, 2.45) is 5.92 Å². The molecule has 0 unspecified atom stereocenters. The number of amides is 1. The lowest BCUT2D eigenvalue weighted by atomic mass is 9.96. The van der Waals surface area contributed by atoms with Gasteiger partial charge in [0, 0.05) is 19.1 Å². The number of carbonyl (C=O) groups is 1. The number of hydrogen-bond acceptors (Lipinski definition) is 3. The van der Waals surface area contributed by atoms with Crippen molar-refractivity contribution in [1.29, 1.82) is 0 Å². The molecule has 0 bridgehead atoms. The third-order valence-corrected chi connectivity index (χ3v) is 3.59. The van der Waals surface area contributed by atoms with Crippen molar-refractivity contribution in [2.75, 3.05) is 39.4 Å². The summed E-state index contributed by atoms with van der Waals surface area (Å²) in [5.74, 6) is 0.424. The van der Waals surface area contributed by atoms with E-state index in [1.54, 1.807) is 0 Å². The van der Waals surface area contributed by atoms with Gasteiger partial charge < -0.3 is 15.0 Å². The summed E-state index contributed by atoms with van der Waals surface area (Å²) in [5, 5.41) is 2.98. The first-order valence-electron chi connectivity index (χ1n) is 7.35. The topological polar surface area (TPSA) is 41.6 Å². The first-order chi connectivity index (χ1) is 8.77. The highest BCUT2D eigenvalue weighted by Crippen LogP contribution is 2.16. The quantitative estimate of drug-likeness (QED) is 0.671. The number of nitrogens with zero attached hydrogens (tertiary/aromatic N) is 1. The molecular formula is C14H28N2O2. The number of piperidine rings is 1. The summed E-state index contributed by atoms with van der Waals surface area (Å²) < 4.78 is 5.42. The van der Waals surface area contributed by atoms with Crippen molar-refractivity contribution >= 4 is 5.91 Å². The molecule has 0 aromatic carbocycles. The molecule has 0 atom stereocenters. The van der Waals surface area contributed by atoms with Crippen LogP contribution >= 0.6 is 0 Å². The van der Waals surface area contributed by atoms with E-state index in [4.69, 9.17) is 4.74 Å². The number of carbonyl (C=O) groups excluding carboxylic acids is 1. The molecule has 0 spiro atoms. The van der Waals surface area contributed by atoms with Crippen molar-refractivity contribution in [3.05, 3.63) is 0 Å². The van der Waals surface area contributed by atoms with Crippen LogP contribution in [-0.2, 0) is 9.53 Å². The van der Waals surface area contributed by atoms with Gasteiger partial charge in [-0.15, -0.1) is 0 Å². The largest absolute Gasteiger partial charge is 0.380 e. The first-order valence-corrected chi connectivity index (χ1v) is 7.35. The van der Waals surface area contributed by atoms with Crippen LogP contribution in [0.3, 0.4) is 0 Å². The molecule has 1 saturated heterocycles. The zero-order chi connectivity index (χ0) is 13.2. The summed E-state index contributed by atoms with van der Waals surface area (Å²) in [6, 6.07) is 0. The fourth-order valence-electron chi connectivity index (χ4n) is 2.25. The van der Waals surface area contributed by atoms with Crippen molar-refractivity contribution in [2.45, 2.75) is 39.5 Å². The Balaban J connectivity index is 2.03. The molecule has 1 amide bonds. The Kier molecular flexibility index (Phi) is 8.01. The van der Waals surface area contributed by atoms with Gasteiger partial charge in [0.2, 0.25) is 5.91 Å². The molecule has 1 fully saturated rings. The molecule has 1 heterocycles. The van der Waals surface area contributed by atoms with Crippen LogP contribution in [0.2, 0.25) is 0 Å². The highest BCUT2D eigenvalue weighted by Gasteiger charge is 2.23. The van der Waals surface area contributed by atoms with Gasteiger partial charge in [-0.1, -0.05) is 20.3 Å². The van der Waals surface area contributed by atoms with Gasteiger partial charge in [0.25, 0.3) is 0 Å². The van der Waals surface area contributed by atoms with E-state index >= 15 is 0 Å². The Morgan fingerprint density at radius 2 is 2.00 bits per heavy atom. The van der Waals surface area contributed by atoms with Crippen LogP contribution in [0.15, 0.2) is 0 Å². The molecular weight excluding hydrogens is 228 g/mol. The number of rotatable bonds is 8. The van der Waals surface area contributed by atoms with Crippen LogP contribution < -0.4 is 5.32 Å². The molecule has 0 aromatic rings. The summed E-state index contributed by atoms with van der Waals surface area (Å²) >= 11 is 0. The third-order valence-electron chi connectivity index (χ3n) is 3.59. The molecule has 0 aliphatic carbocycles. The molecule has 1 rings (SSSR count). The third kappa shape index (κ3) is 5.83. The maximum atomic E-state index is 11.9. The van der Waals surface area contributed by atoms with E-state index in [0.29, 0.717) is 13.2 Å². The van der Waals surface area contributed by atoms with Crippen molar-refractivity contribution in [3.63, 3.8) is 0 Å². The Morgan fingerprint density at radius 1 is 1.28 bits per heavy atom. The molecule has 106 valence electrons. The molecule has 0 saturated carbocycles. The van der Waals surface area contributed by atoms with Gasteiger partial charge in [0.1, 0.15) is 0 Å². The summed E-state index contributed by atoms with van der Waals surface area (Å²) in [5.41, 5.74) is 0. The van der Waals surface area contributed by atoms with Crippen LogP contribution in [0.25, 0.3) is 0 Å². The zero-order valence-electron chi connectivity index (χ0n) is 11.9. The lowest BCUT2D eigenvalue weighted by molar-refractivity contribution is -0.126. The number of hydrogen-bond donors (Lipinski definition) is 1. The monoisotopic (exact) mass is 256 g/mol. The van der Waals surface area contributed by atoms with E-state index in [1.807, 2.05) is 0 Å². The predicted molar refractivity (Wildman–Crippen MR) is 73.6 cm³/mol. The fraction of sp³-hybridized carbons (Fsp3) is 0.929. The van der Waals surface area contributed by atoms with E-state index in [1.165, 1.54) is 0 Å². The van der Waals surface area contributed by atoms with Gasteiger partial charge in [-0.2, -0.15) is 0 Å². The van der Waals surface area contributed by atoms with E-state index in [9.17, 15) is 4.79 Å². The van der Waals surface area contributed by atoms with Crippen LogP contribution in [0.4, 0.5) is 0 Å². The molecule has 18 heavy (non-hydrogen) atoms. The highest BCUT2D eigenvalue weighted by molar-refractivity contribution is 5.78. The molecule has 4 nitrogen and oxygen atoms in total. The smallest absolute Gasteiger partial charge is 0.223 e.